The molecule has 1 nitrogen and oxygen atoms in total. The van der Waals surface area contributed by atoms with E-state index in [2.05, 4.69) is 61.5 Å². The molecule has 5 rings (SSSR count). The van der Waals surface area contributed by atoms with Crippen LogP contribution >= 0.6 is 0 Å². The van der Waals surface area contributed by atoms with Gasteiger partial charge in [-0.2, -0.15) is 0 Å². The highest BCUT2D eigenvalue weighted by Gasteiger charge is 2.69. The van der Waals surface area contributed by atoms with Crippen LogP contribution in [0, 0.1) is 50.2 Å². The van der Waals surface area contributed by atoms with Gasteiger partial charge >= 0.3 is 0 Å². The highest BCUT2D eigenvalue weighted by atomic mass is 16.3. The van der Waals surface area contributed by atoms with Crippen molar-refractivity contribution in [2.45, 2.75) is 126 Å². The Morgan fingerprint density at radius 3 is 2.10 bits per heavy atom. The maximum Gasteiger partial charge on any atom is 0.0594 e. The van der Waals surface area contributed by atoms with E-state index in [4.69, 9.17) is 0 Å². The van der Waals surface area contributed by atoms with E-state index in [1.54, 1.807) is 0 Å². The van der Waals surface area contributed by atoms with Crippen LogP contribution in [0.3, 0.4) is 0 Å². The van der Waals surface area contributed by atoms with Gasteiger partial charge in [-0.3, -0.25) is 0 Å². The lowest BCUT2D eigenvalue weighted by atomic mass is 9.31. The van der Waals surface area contributed by atoms with Gasteiger partial charge in [0.2, 0.25) is 0 Å². The fraction of sp³-hybridized carbons (Fsp3) is 0.933. The van der Waals surface area contributed by atoms with Crippen molar-refractivity contribution in [1.29, 1.82) is 0 Å². The third kappa shape index (κ3) is 2.60. The summed E-state index contributed by atoms with van der Waals surface area (Å²) in [5, 5.41) is 10.9. The highest BCUT2D eigenvalue weighted by molar-refractivity contribution is 5.32. The molecule has 0 saturated heterocycles. The number of aliphatic hydroxyl groups excluding tert-OH is 1. The molecule has 1 heteroatoms. The molecule has 0 spiro atoms. The van der Waals surface area contributed by atoms with Crippen LogP contribution in [-0.4, -0.2) is 11.2 Å². The Bertz CT molecular complexity index is 790. The molecule has 0 amide bonds. The van der Waals surface area contributed by atoms with Crippen molar-refractivity contribution in [2.24, 2.45) is 50.2 Å². The van der Waals surface area contributed by atoms with Gasteiger partial charge in [0.15, 0.2) is 0 Å². The first-order valence-corrected chi connectivity index (χ1v) is 13.6. The van der Waals surface area contributed by atoms with E-state index in [1.807, 2.05) is 5.57 Å². The van der Waals surface area contributed by atoms with Crippen LogP contribution in [0.4, 0.5) is 0 Å². The Morgan fingerprint density at radius 2 is 1.39 bits per heavy atom. The van der Waals surface area contributed by atoms with Crippen molar-refractivity contribution in [2.75, 3.05) is 0 Å². The van der Waals surface area contributed by atoms with Crippen molar-refractivity contribution in [3.8, 4) is 0 Å². The summed E-state index contributed by atoms with van der Waals surface area (Å²) in [6, 6.07) is 0. The molecule has 0 aromatic carbocycles. The van der Waals surface area contributed by atoms with Gasteiger partial charge in [0.05, 0.1) is 6.10 Å². The molecule has 5 aliphatic carbocycles. The fourth-order valence-corrected chi connectivity index (χ4v) is 11.4. The van der Waals surface area contributed by atoms with E-state index >= 15 is 0 Å². The van der Waals surface area contributed by atoms with E-state index < -0.39 is 0 Å². The smallest absolute Gasteiger partial charge is 0.0594 e. The Kier molecular flexibility index (Phi) is 4.66. The second kappa shape index (κ2) is 6.43. The minimum atomic E-state index is -0.120. The normalized spacial score (nSPS) is 55.2. The number of allylic oxidation sites excluding steroid dienone is 2. The number of hydrogen-bond donors (Lipinski definition) is 1. The molecular weight excluding hydrogens is 376 g/mol. The summed E-state index contributed by atoms with van der Waals surface area (Å²) in [5.74, 6) is 2.31. The summed E-state index contributed by atoms with van der Waals surface area (Å²) in [7, 11) is 0. The van der Waals surface area contributed by atoms with Crippen molar-refractivity contribution >= 4 is 0 Å². The molecule has 31 heavy (non-hydrogen) atoms. The van der Waals surface area contributed by atoms with Crippen molar-refractivity contribution < 1.29 is 5.11 Å². The van der Waals surface area contributed by atoms with Crippen LogP contribution in [0.1, 0.15) is 120 Å². The molecule has 0 aromatic rings. The molecule has 0 bridgehead atoms. The zero-order valence-electron chi connectivity index (χ0n) is 21.9. The molecule has 0 heterocycles. The number of fused-ring (bicyclic) bond motifs is 7. The molecule has 4 saturated carbocycles. The number of hydrogen-bond acceptors (Lipinski definition) is 1. The lowest BCUT2D eigenvalue weighted by Gasteiger charge is -2.73. The average molecular weight is 427 g/mol. The maximum atomic E-state index is 10.9. The summed E-state index contributed by atoms with van der Waals surface area (Å²) in [4.78, 5) is 0. The third-order valence-corrected chi connectivity index (χ3v) is 13.2. The average Bonchev–Trinajstić information content (AvgIpc) is 2.65. The van der Waals surface area contributed by atoms with Crippen LogP contribution in [0.15, 0.2) is 11.6 Å². The standard InChI is InChI=1S/C30H50O/c1-25(2)15-9-16-27(5)20(25)12-18-29(7)22(27)10-11-23-28(6)17-14-24(31)26(3,4)21(28)13-19-30(23,29)8/h12,21-24,31H,9-11,13-19H2,1-8H3/t21-,22+,23+,24-,27-,28-,29+,30+/m0/s1. The zero-order valence-corrected chi connectivity index (χ0v) is 21.9. The Balaban J connectivity index is 1.58. The maximum absolute atomic E-state index is 10.9. The van der Waals surface area contributed by atoms with Gasteiger partial charge in [0.1, 0.15) is 0 Å². The monoisotopic (exact) mass is 426 g/mol. The lowest BCUT2D eigenvalue weighted by molar-refractivity contribution is -0.237. The minimum absolute atomic E-state index is 0.0606. The van der Waals surface area contributed by atoms with Crippen molar-refractivity contribution in [1.82, 2.24) is 0 Å². The molecule has 8 atom stereocenters. The molecule has 0 unspecified atom stereocenters. The summed E-state index contributed by atoms with van der Waals surface area (Å²) < 4.78 is 0. The van der Waals surface area contributed by atoms with Gasteiger partial charge in [-0.25, -0.2) is 0 Å². The second-order valence-corrected chi connectivity index (χ2v) is 15.0. The molecule has 0 aromatic heterocycles. The zero-order chi connectivity index (χ0) is 22.7. The van der Waals surface area contributed by atoms with E-state index in [0.717, 1.165) is 18.3 Å². The molecule has 5 aliphatic rings. The van der Waals surface area contributed by atoms with Crippen LogP contribution < -0.4 is 0 Å². The predicted octanol–water partition coefficient (Wildman–Crippen LogP) is 8.17. The van der Waals surface area contributed by atoms with Crippen LogP contribution in [0.25, 0.3) is 0 Å². The highest BCUT2D eigenvalue weighted by Crippen LogP contribution is 2.77. The Labute approximate surface area is 192 Å². The number of aliphatic hydroxyl groups is 1. The SMILES string of the molecule is CC1(C)CCC[C@@]2(C)C1=CC[C@]1(C)[C@@H]2CC[C@@H]2[C@@]3(C)CC[C@H](O)C(C)(C)[C@@H]3CC[C@]21C. The van der Waals surface area contributed by atoms with E-state index in [9.17, 15) is 5.11 Å². The summed E-state index contributed by atoms with van der Waals surface area (Å²) in [5.41, 5.74) is 3.90. The van der Waals surface area contributed by atoms with Gasteiger partial charge in [-0.05, 0) is 108 Å². The van der Waals surface area contributed by atoms with E-state index in [0.29, 0.717) is 33.0 Å². The predicted molar refractivity (Wildman–Crippen MR) is 131 cm³/mol. The molecule has 4 fully saturated rings. The largest absolute Gasteiger partial charge is 0.393 e. The summed E-state index contributed by atoms with van der Waals surface area (Å²) in [6.07, 6.45) is 15.9. The van der Waals surface area contributed by atoms with Crippen LogP contribution in [-0.2, 0) is 0 Å². The van der Waals surface area contributed by atoms with E-state index in [-0.39, 0.29) is 11.5 Å². The van der Waals surface area contributed by atoms with Crippen molar-refractivity contribution in [3.63, 3.8) is 0 Å². The quantitative estimate of drug-likeness (QED) is 0.387. The van der Waals surface area contributed by atoms with Gasteiger partial charge in [-0.1, -0.05) is 73.5 Å². The van der Waals surface area contributed by atoms with Gasteiger partial charge in [0.25, 0.3) is 0 Å². The molecule has 0 radical (unpaired) electrons. The summed E-state index contributed by atoms with van der Waals surface area (Å²) in [6.45, 7) is 20.5. The van der Waals surface area contributed by atoms with E-state index in [1.165, 1.54) is 57.8 Å². The van der Waals surface area contributed by atoms with Crippen molar-refractivity contribution in [3.05, 3.63) is 11.6 Å². The first-order chi connectivity index (χ1) is 14.2. The Hall–Kier alpha value is -0.300. The molecule has 176 valence electrons. The lowest BCUT2D eigenvalue weighted by Crippen LogP contribution is -2.66. The van der Waals surface area contributed by atoms with Gasteiger partial charge < -0.3 is 5.11 Å². The van der Waals surface area contributed by atoms with Gasteiger partial charge in [0, 0.05) is 0 Å². The fourth-order valence-electron chi connectivity index (χ4n) is 11.4. The second-order valence-electron chi connectivity index (χ2n) is 15.0. The van der Waals surface area contributed by atoms with Crippen LogP contribution in [0.2, 0.25) is 0 Å². The Morgan fingerprint density at radius 1 is 0.710 bits per heavy atom. The summed E-state index contributed by atoms with van der Waals surface area (Å²) >= 11 is 0. The molecule has 0 aliphatic heterocycles. The minimum Gasteiger partial charge on any atom is -0.393 e. The molecular formula is C30H50O. The van der Waals surface area contributed by atoms with Crippen LogP contribution in [0.5, 0.6) is 0 Å². The first-order valence-electron chi connectivity index (χ1n) is 13.6. The topological polar surface area (TPSA) is 20.2 Å². The van der Waals surface area contributed by atoms with Gasteiger partial charge in [-0.15, -0.1) is 0 Å². The molecule has 1 N–H and O–H groups in total. The number of rotatable bonds is 0. The third-order valence-electron chi connectivity index (χ3n) is 13.2. The first kappa shape index (κ1) is 22.5.